The molecule has 0 aliphatic carbocycles. The minimum atomic E-state index is -3.68. The van der Waals surface area contributed by atoms with E-state index in [0.717, 1.165) is 5.56 Å². The van der Waals surface area contributed by atoms with Gasteiger partial charge in [0.05, 0.1) is 11.9 Å². The summed E-state index contributed by atoms with van der Waals surface area (Å²) in [5.74, 6) is 0.259. The Kier molecular flexibility index (Phi) is 6.44. The van der Waals surface area contributed by atoms with Crippen LogP contribution in [0.25, 0.3) is 0 Å². The Balaban J connectivity index is 1.37. The first-order valence-electron chi connectivity index (χ1n) is 10.4. The summed E-state index contributed by atoms with van der Waals surface area (Å²) in [6, 6.07) is 12.7. The lowest BCUT2D eigenvalue weighted by molar-refractivity contribution is 0.135. The fraction of sp³-hybridized carbons (Fsp3) is 0.429. The van der Waals surface area contributed by atoms with E-state index in [1.807, 2.05) is 0 Å². The SMILES string of the molecule is CS(=O)(=O)N1CCC(Oc2ccc(N3CCN(Cc4ccc(F)cc4)S3(=O)=O)cc2)CC1. The summed E-state index contributed by atoms with van der Waals surface area (Å²) in [7, 11) is -6.86. The molecule has 0 aromatic heterocycles. The molecule has 174 valence electrons. The van der Waals surface area contributed by atoms with Gasteiger partial charge in [-0.3, -0.25) is 4.31 Å². The monoisotopic (exact) mass is 483 g/mol. The molecule has 2 heterocycles. The predicted octanol–water partition coefficient (Wildman–Crippen LogP) is 2.20. The molecule has 0 spiro atoms. The van der Waals surface area contributed by atoms with Crippen LogP contribution in [0.5, 0.6) is 5.75 Å². The quantitative estimate of drug-likeness (QED) is 0.629. The van der Waals surface area contributed by atoms with E-state index in [1.165, 1.54) is 31.3 Å². The summed E-state index contributed by atoms with van der Waals surface area (Å²) in [4.78, 5) is 0. The molecule has 0 saturated carbocycles. The van der Waals surface area contributed by atoms with Crippen molar-refractivity contribution in [3.05, 3.63) is 59.9 Å². The van der Waals surface area contributed by atoms with E-state index in [9.17, 15) is 21.2 Å². The van der Waals surface area contributed by atoms with Gasteiger partial charge in [-0.1, -0.05) is 12.1 Å². The number of piperidine rings is 1. The molecular weight excluding hydrogens is 457 g/mol. The number of benzene rings is 2. The molecule has 2 fully saturated rings. The van der Waals surface area contributed by atoms with E-state index < -0.39 is 20.2 Å². The average molecular weight is 484 g/mol. The number of ether oxygens (including phenoxy) is 1. The van der Waals surface area contributed by atoms with Crippen LogP contribution < -0.4 is 9.04 Å². The van der Waals surface area contributed by atoms with Crippen LogP contribution in [0.4, 0.5) is 10.1 Å². The van der Waals surface area contributed by atoms with Crippen LogP contribution in [0.15, 0.2) is 48.5 Å². The fourth-order valence-corrected chi connectivity index (χ4v) is 6.43. The molecule has 2 aromatic carbocycles. The summed E-state index contributed by atoms with van der Waals surface area (Å²) in [6.45, 7) is 1.71. The summed E-state index contributed by atoms with van der Waals surface area (Å²) in [6.07, 6.45) is 2.34. The topological polar surface area (TPSA) is 87.2 Å². The summed E-state index contributed by atoms with van der Waals surface area (Å²) in [5, 5.41) is 0. The van der Waals surface area contributed by atoms with Gasteiger partial charge in [-0.05, 0) is 54.8 Å². The molecule has 0 amide bonds. The molecule has 2 saturated heterocycles. The number of hydrogen-bond acceptors (Lipinski definition) is 5. The molecule has 4 rings (SSSR count). The highest BCUT2D eigenvalue weighted by molar-refractivity contribution is 7.90. The minimum Gasteiger partial charge on any atom is -0.490 e. The maximum atomic E-state index is 13.1. The minimum absolute atomic E-state index is 0.0828. The second kappa shape index (κ2) is 8.97. The molecule has 0 radical (unpaired) electrons. The maximum Gasteiger partial charge on any atom is 0.304 e. The highest BCUT2D eigenvalue weighted by Crippen LogP contribution is 2.29. The molecular formula is C21H26FN3O5S2. The number of anilines is 1. The molecule has 11 heteroatoms. The number of rotatable bonds is 6. The summed E-state index contributed by atoms with van der Waals surface area (Å²) in [5.41, 5.74) is 1.27. The Morgan fingerprint density at radius 3 is 2.19 bits per heavy atom. The largest absolute Gasteiger partial charge is 0.490 e. The van der Waals surface area contributed by atoms with Crippen molar-refractivity contribution in [2.45, 2.75) is 25.5 Å². The predicted molar refractivity (Wildman–Crippen MR) is 120 cm³/mol. The summed E-state index contributed by atoms with van der Waals surface area (Å²) < 4.78 is 72.4. The third-order valence-corrected chi connectivity index (χ3v) is 8.94. The first-order valence-corrected chi connectivity index (χ1v) is 13.6. The Morgan fingerprint density at radius 1 is 0.969 bits per heavy atom. The van der Waals surface area contributed by atoms with Crippen LogP contribution in [-0.4, -0.2) is 64.0 Å². The van der Waals surface area contributed by atoms with Crippen molar-refractivity contribution in [2.24, 2.45) is 0 Å². The normalized spacial score (nSPS) is 20.5. The van der Waals surface area contributed by atoms with Crippen LogP contribution in [0.2, 0.25) is 0 Å². The Bertz CT molecular complexity index is 1150. The van der Waals surface area contributed by atoms with Gasteiger partial charge < -0.3 is 4.74 Å². The Labute approximate surface area is 188 Å². The van der Waals surface area contributed by atoms with Crippen molar-refractivity contribution in [1.82, 2.24) is 8.61 Å². The van der Waals surface area contributed by atoms with Gasteiger partial charge >= 0.3 is 10.2 Å². The zero-order valence-corrected chi connectivity index (χ0v) is 19.4. The molecule has 2 aromatic rings. The molecule has 0 bridgehead atoms. The van der Waals surface area contributed by atoms with Crippen molar-refractivity contribution in [2.75, 3.05) is 36.7 Å². The number of halogens is 1. The Morgan fingerprint density at radius 2 is 1.59 bits per heavy atom. The van der Waals surface area contributed by atoms with E-state index in [2.05, 4.69) is 0 Å². The molecule has 0 N–H and O–H groups in total. The van der Waals surface area contributed by atoms with Gasteiger partial charge in [-0.25, -0.2) is 17.1 Å². The first-order chi connectivity index (χ1) is 15.1. The second-order valence-corrected chi connectivity index (χ2v) is 11.8. The molecule has 0 atom stereocenters. The molecule has 8 nitrogen and oxygen atoms in total. The molecule has 2 aliphatic rings. The van der Waals surface area contributed by atoms with Gasteiger partial charge in [0.25, 0.3) is 0 Å². The van der Waals surface area contributed by atoms with Crippen LogP contribution in [0, 0.1) is 5.82 Å². The van der Waals surface area contributed by atoms with Crippen molar-refractivity contribution in [3.8, 4) is 5.75 Å². The standard InChI is InChI=1S/C21H26FN3O5S2/c1-31(26,27)23-12-10-21(11-13-23)30-20-8-6-19(7-9-20)25-15-14-24(32(25,28)29)16-17-2-4-18(22)5-3-17/h2-9,21H,10-16H2,1H3. The van der Waals surface area contributed by atoms with Gasteiger partial charge in [-0.15, -0.1) is 0 Å². The zero-order chi connectivity index (χ0) is 22.9. The highest BCUT2D eigenvalue weighted by Gasteiger charge is 2.36. The van der Waals surface area contributed by atoms with E-state index >= 15 is 0 Å². The number of hydrogen-bond donors (Lipinski definition) is 0. The number of sulfonamides is 1. The highest BCUT2D eigenvalue weighted by atomic mass is 32.2. The average Bonchev–Trinajstić information content (AvgIpc) is 3.04. The van der Waals surface area contributed by atoms with Crippen molar-refractivity contribution >= 4 is 25.9 Å². The van der Waals surface area contributed by atoms with Gasteiger partial charge in [0.2, 0.25) is 10.0 Å². The maximum absolute atomic E-state index is 13.1. The van der Waals surface area contributed by atoms with Crippen LogP contribution in [0.3, 0.4) is 0 Å². The van der Waals surface area contributed by atoms with Crippen LogP contribution in [0.1, 0.15) is 18.4 Å². The lowest BCUT2D eigenvalue weighted by Gasteiger charge is -2.30. The first kappa shape index (κ1) is 23.0. The third-order valence-electron chi connectivity index (χ3n) is 5.73. The zero-order valence-electron chi connectivity index (χ0n) is 17.7. The van der Waals surface area contributed by atoms with Gasteiger partial charge in [0.1, 0.15) is 17.7 Å². The molecule has 2 aliphatic heterocycles. The smallest absolute Gasteiger partial charge is 0.304 e. The lowest BCUT2D eigenvalue weighted by Crippen LogP contribution is -2.41. The van der Waals surface area contributed by atoms with E-state index in [-0.39, 0.29) is 18.5 Å². The fourth-order valence-electron chi connectivity index (χ4n) is 3.95. The number of nitrogens with zero attached hydrogens (tertiary/aromatic N) is 3. The second-order valence-electron chi connectivity index (χ2n) is 8.01. The Hall–Kier alpha value is -2.21. The molecule has 32 heavy (non-hydrogen) atoms. The van der Waals surface area contributed by atoms with Crippen molar-refractivity contribution in [1.29, 1.82) is 0 Å². The van der Waals surface area contributed by atoms with E-state index in [4.69, 9.17) is 4.74 Å². The van der Waals surface area contributed by atoms with Crippen LogP contribution >= 0.6 is 0 Å². The summed E-state index contributed by atoms with van der Waals surface area (Å²) >= 11 is 0. The van der Waals surface area contributed by atoms with Crippen LogP contribution in [-0.2, 0) is 26.8 Å². The lowest BCUT2D eigenvalue weighted by atomic mass is 10.1. The van der Waals surface area contributed by atoms with Crippen molar-refractivity contribution in [3.63, 3.8) is 0 Å². The molecule has 0 unspecified atom stereocenters. The van der Waals surface area contributed by atoms with Crippen molar-refractivity contribution < 1.29 is 26.0 Å². The third kappa shape index (κ3) is 5.06. The van der Waals surface area contributed by atoms with E-state index in [1.54, 1.807) is 36.4 Å². The van der Waals surface area contributed by atoms with Gasteiger partial charge in [-0.2, -0.15) is 12.7 Å². The van der Waals surface area contributed by atoms with Gasteiger partial charge in [0.15, 0.2) is 0 Å². The van der Waals surface area contributed by atoms with Gasteiger partial charge in [0, 0.05) is 32.7 Å². The van der Waals surface area contributed by atoms with E-state index in [0.29, 0.717) is 50.5 Å².